The fourth-order valence-electron chi connectivity index (χ4n) is 4.33. The molecule has 2 aliphatic carbocycles. The summed E-state index contributed by atoms with van der Waals surface area (Å²) in [7, 11) is 1.87. The van der Waals surface area contributed by atoms with E-state index in [0.29, 0.717) is 11.3 Å². The summed E-state index contributed by atoms with van der Waals surface area (Å²) < 4.78 is 5.61. The molecule has 1 aromatic carbocycles. The van der Waals surface area contributed by atoms with Gasteiger partial charge in [-0.05, 0) is 49.1 Å². The molecule has 1 aromatic rings. The quantitative estimate of drug-likeness (QED) is 0.431. The molecule has 3 rings (SSSR count). The monoisotopic (exact) mass is 343 g/mol. The van der Waals surface area contributed by atoms with Crippen LogP contribution in [-0.2, 0) is 11.2 Å². The molecule has 0 aliphatic heterocycles. The van der Waals surface area contributed by atoms with Gasteiger partial charge >= 0.3 is 0 Å². The van der Waals surface area contributed by atoms with Crippen LogP contribution in [0.3, 0.4) is 0 Å². The number of benzene rings is 1. The second-order valence-corrected chi connectivity index (χ2v) is 7.56. The average Bonchev–Trinajstić information content (AvgIpc) is 3.08. The summed E-state index contributed by atoms with van der Waals surface area (Å²) in [4.78, 5) is 4.43. The Morgan fingerprint density at radius 1 is 1.24 bits per heavy atom. The maximum Gasteiger partial charge on any atom is 0.191 e. The Morgan fingerprint density at radius 3 is 2.76 bits per heavy atom. The number of aliphatic imine (C=N–C) groups is 1. The Labute approximate surface area is 152 Å². The molecule has 1 atom stereocenters. The molecule has 0 radical (unpaired) electrons. The van der Waals surface area contributed by atoms with E-state index in [-0.39, 0.29) is 0 Å². The molecule has 0 heterocycles. The normalized spacial score (nSPS) is 21.5. The number of nitrogens with one attached hydrogen (secondary N) is 2. The van der Waals surface area contributed by atoms with Crippen molar-refractivity contribution in [1.82, 2.24) is 10.6 Å². The second-order valence-electron chi connectivity index (χ2n) is 7.56. The molecule has 2 aliphatic rings. The highest BCUT2D eigenvalue weighted by atomic mass is 16.5. The highest BCUT2D eigenvalue weighted by Gasteiger charge is 2.33. The maximum atomic E-state index is 5.61. The molecule has 0 saturated heterocycles. The summed E-state index contributed by atoms with van der Waals surface area (Å²) in [6.07, 6.45) is 7.64. The van der Waals surface area contributed by atoms with Gasteiger partial charge in [-0.3, -0.25) is 4.99 Å². The fourth-order valence-corrected chi connectivity index (χ4v) is 4.33. The minimum Gasteiger partial charge on any atom is -0.382 e. The van der Waals surface area contributed by atoms with E-state index in [1.165, 1.54) is 43.2 Å². The van der Waals surface area contributed by atoms with Gasteiger partial charge in [0.25, 0.3) is 0 Å². The van der Waals surface area contributed by atoms with Crippen molar-refractivity contribution >= 4 is 5.96 Å². The predicted octanol–water partition coefficient (Wildman–Crippen LogP) is 3.48. The lowest BCUT2D eigenvalue weighted by atomic mass is 9.78. The van der Waals surface area contributed by atoms with Gasteiger partial charge < -0.3 is 15.4 Å². The van der Waals surface area contributed by atoms with Crippen molar-refractivity contribution in [3.05, 3.63) is 35.4 Å². The largest absolute Gasteiger partial charge is 0.382 e. The lowest BCUT2D eigenvalue weighted by Crippen LogP contribution is -2.45. The smallest absolute Gasteiger partial charge is 0.191 e. The molecule has 1 unspecified atom stereocenters. The van der Waals surface area contributed by atoms with Crippen LogP contribution in [0.15, 0.2) is 29.3 Å². The molecule has 0 aromatic heterocycles. The number of hydrogen-bond donors (Lipinski definition) is 2. The molecule has 4 heteroatoms. The third-order valence-electron chi connectivity index (χ3n) is 5.98. The molecule has 0 bridgehead atoms. The standard InChI is InChI=1S/C21H33N3O/c1-3-25-13-12-21(10-6-7-11-21)16-24-20(22-2)23-15-18-14-17-8-4-5-9-19(17)18/h4-5,8-9,18H,3,6-7,10-16H2,1-2H3,(H2,22,23,24). The number of rotatable bonds is 8. The lowest BCUT2D eigenvalue weighted by Gasteiger charge is -2.32. The van der Waals surface area contributed by atoms with Gasteiger partial charge in [0.2, 0.25) is 0 Å². The van der Waals surface area contributed by atoms with E-state index in [2.05, 4.69) is 46.8 Å². The summed E-state index contributed by atoms with van der Waals surface area (Å²) in [6, 6.07) is 8.76. The first kappa shape index (κ1) is 18.2. The van der Waals surface area contributed by atoms with Gasteiger partial charge in [-0.15, -0.1) is 0 Å². The van der Waals surface area contributed by atoms with Gasteiger partial charge in [0, 0.05) is 39.3 Å². The van der Waals surface area contributed by atoms with Crippen LogP contribution in [0.1, 0.15) is 56.1 Å². The first-order valence-electron chi connectivity index (χ1n) is 9.86. The van der Waals surface area contributed by atoms with Crippen LogP contribution in [0.2, 0.25) is 0 Å². The van der Waals surface area contributed by atoms with Gasteiger partial charge in [-0.25, -0.2) is 0 Å². The zero-order chi connectivity index (χ0) is 17.5. The van der Waals surface area contributed by atoms with E-state index in [1.54, 1.807) is 0 Å². The Balaban J connectivity index is 1.45. The topological polar surface area (TPSA) is 45.6 Å². The maximum absolute atomic E-state index is 5.61. The first-order chi connectivity index (χ1) is 12.3. The molecule has 25 heavy (non-hydrogen) atoms. The van der Waals surface area contributed by atoms with Crippen LogP contribution in [0.5, 0.6) is 0 Å². The molecule has 1 saturated carbocycles. The summed E-state index contributed by atoms with van der Waals surface area (Å²) in [5, 5.41) is 7.12. The van der Waals surface area contributed by atoms with E-state index >= 15 is 0 Å². The van der Waals surface area contributed by atoms with Gasteiger partial charge in [0.15, 0.2) is 5.96 Å². The summed E-state index contributed by atoms with van der Waals surface area (Å²) in [5.74, 6) is 1.56. The molecule has 138 valence electrons. The van der Waals surface area contributed by atoms with Crippen LogP contribution in [0.4, 0.5) is 0 Å². The number of hydrogen-bond acceptors (Lipinski definition) is 2. The SMILES string of the molecule is CCOCCC1(CNC(=NC)NCC2Cc3ccccc32)CCCC1. The summed E-state index contributed by atoms with van der Waals surface area (Å²) in [5.41, 5.74) is 3.38. The highest BCUT2D eigenvalue weighted by Crippen LogP contribution is 2.40. The minimum atomic E-state index is 0.385. The van der Waals surface area contributed by atoms with Gasteiger partial charge in [-0.2, -0.15) is 0 Å². The Morgan fingerprint density at radius 2 is 2.04 bits per heavy atom. The zero-order valence-corrected chi connectivity index (χ0v) is 15.8. The highest BCUT2D eigenvalue weighted by molar-refractivity contribution is 5.79. The van der Waals surface area contributed by atoms with Crippen LogP contribution in [0, 0.1) is 5.41 Å². The average molecular weight is 344 g/mol. The van der Waals surface area contributed by atoms with E-state index in [0.717, 1.165) is 38.7 Å². The number of fused-ring (bicyclic) bond motifs is 1. The molecule has 0 amide bonds. The van der Waals surface area contributed by atoms with E-state index in [4.69, 9.17) is 4.74 Å². The number of ether oxygens (including phenoxy) is 1. The van der Waals surface area contributed by atoms with Crippen molar-refractivity contribution in [1.29, 1.82) is 0 Å². The van der Waals surface area contributed by atoms with Crippen molar-refractivity contribution in [3.8, 4) is 0 Å². The number of guanidine groups is 1. The second kappa shape index (κ2) is 8.70. The Hall–Kier alpha value is -1.55. The predicted molar refractivity (Wildman–Crippen MR) is 104 cm³/mol. The van der Waals surface area contributed by atoms with Gasteiger partial charge in [0.05, 0.1) is 0 Å². The summed E-state index contributed by atoms with van der Waals surface area (Å²) >= 11 is 0. The molecule has 2 N–H and O–H groups in total. The van der Waals surface area contributed by atoms with E-state index in [1.807, 2.05) is 7.05 Å². The van der Waals surface area contributed by atoms with Crippen LogP contribution < -0.4 is 10.6 Å². The van der Waals surface area contributed by atoms with Crippen LogP contribution in [0.25, 0.3) is 0 Å². The molecular weight excluding hydrogens is 310 g/mol. The van der Waals surface area contributed by atoms with Gasteiger partial charge in [0.1, 0.15) is 0 Å². The third kappa shape index (κ3) is 4.55. The number of nitrogens with zero attached hydrogens (tertiary/aromatic N) is 1. The Kier molecular flexibility index (Phi) is 6.35. The van der Waals surface area contributed by atoms with Crippen molar-refractivity contribution in [3.63, 3.8) is 0 Å². The van der Waals surface area contributed by atoms with E-state index < -0.39 is 0 Å². The fraction of sp³-hybridized carbons (Fsp3) is 0.667. The van der Waals surface area contributed by atoms with Crippen molar-refractivity contribution in [2.24, 2.45) is 10.4 Å². The van der Waals surface area contributed by atoms with Crippen LogP contribution in [-0.4, -0.2) is 39.3 Å². The molecule has 1 fully saturated rings. The zero-order valence-electron chi connectivity index (χ0n) is 15.8. The van der Waals surface area contributed by atoms with Crippen molar-refractivity contribution in [2.45, 2.75) is 51.4 Å². The van der Waals surface area contributed by atoms with Crippen molar-refractivity contribution < 1.29 is 4.74 Å². The van der Waals surface area contributed by atoms with E-state index in [9.17, 15) is 0 Å². The van der Waals surface area contributed by atoms with Crippen molar-refractivity contribution in [2.75, 3.05) is 33.4 Å². The Bertz CT molecular complexity index is 578. The van der Waals surface area contributed by atoms with Gasteiger partial charge in [-0.1, -0.05) is 37.1 Å². The van der Waals surface area contributed by atoms with Crippen LogP contribution >= 0.6 is 0 Å². The molecular formula is C21H33N3O. The lowest BCUT2D eigenvalue weighted by molar-refractivity contribution is 0.105. The summed E-state index contributed by atoms with van der Waals surface area (Å²) in [6.45, 7) is 5.73. The molecule has 0 spiro atoms. The first-order valence-corrected chi connectivity index (χ1v) is 9.86. The molecule has 4 nitrogen and oxygen atoms in total. The minimum absolute atomic E-state index is 0.385. The third-order valence-corrected chi connectivity index (χ3v) is 5.98.